The van der Waals surface area contributed by atoms with Gasteiger partial charge in [-0.1, -0.05) is 12.1 Å². The second kappa shape index (κ2) is 5.61. The molecule has 0 aromatic heterocycles. The quantitative estimate of drug-likeness (QED) is 0.874. The van der Waals surface area contributed by atoms with E-state index in [-0.39, 0.29) is 12.5 Å². The summed E-state index contributed by atoms with van der Waals surface area (Å²) in [6.07, 6.45) is 0.175. The van der Waals surface area contributed by atoms with E-state index in [0.29, 0.717) is 6.04 Å². The molecule has 2 N–H and O–H groups in total. The predicted molar refractivity (Wildman–Crippen MR) is 76.8 cm³/mol. The Hall–Kier alpha value is -1.55. The molecule has 2 rings (SSSR count). The van der Waals surface area contributed by atoms with Crippen molar-refractivity contribution < 1.29 is 9.90 Å². The number of anilines is 1. The Morgan fingerprint density at radius 1 is 1.47 bits per heavy atom. The van der Waals surface area contributed by atoms with E-state index in [1.807, 2.05) is 0 Å². The SMILES string of the molecule is Cc1cccc(N2CC(CC(=O)O)NCC2C)c1C. The molecule has 1 aliphatic heterocycles. The van der Waals surface area contributed by atoms with Gasteiger partial charge in [-0.2, -0.15) is 0 Å². The average Bonchev–Trinajstić information content (AvgIpc) is 2.35. The number of carbonyl (C=O) groups is 1. The number of carboxylic acids is 1. The number of aliphatic carboxylic acids is 1. The van der Waals surface area contributed by atoms with Crippen LogP contribution in [0.15, 0.2) is 18.2 Å². The summed E-state index contributed by atoms with van der Waals surface area (Å²) in [5.41, 5.74) is 3.78. The molecule has 0 bridgehead atoms. The number of nitrogens with zero attached hydrogens (tertiary/aromatic N) is 1. The van der Waals surface area contributed by atoms with E-state index in [1.165, 1.54) is 16.8 Å². The summed E-state index contributed by atoms with van der Waals surface area (Å²) in [4.78, 5) is 13.2. The topological polar surface area (TPSA) is 52.6 Å². The summed E-state index contributed by atoms with van der Waals surface area (Å²) in [5, 5.41) is 12.2. The Kier molecular flexibility index (Phi) is 4.10. The number of nitrogens with one attached hydrogen (secondary N) is 1. The fraction of sp³-hybridized carbons (Fsp3) is 0.533. The smallest absolute Gasteiger partial charge is 0.304 e. The summed E-state index contributed by atoms with van der Waals surface area (Å²) in [5.74, 6) is -0.743. The molecule has 1 aromatic rings. The van der Waals surface area contributed by atoms with Crippen molar-refractivity contribution in [2.45, 2.75) is 39.3 Å². The van der Waals surface area contributed by atoms with Gasteiger partial charge < -0.3 is 15.3 Å². The monoisotopic (exact) mass is 262 g/mol. The van der Waals surface area contributed by atoms with Crippen molar-refractivity contribution in [2.75, 3.05) is 18.0 Å². The van der Waals surface area contributed by atoms with E-state index in [0.717, 1.165) is 13.1 Å². The first kappa shape index (κ1) is 13.9. The fourth-order valence-corrected chi connectivity index (χ4v) is 2.66. The molecule has 1 heterocycles. The Balaban J connectivity index is 2.21. The summed E-state index contributed by atoms with van der Waals surface area (Å²) in [6, 6.07) is 6.71. The number of benzene rings is 1. The van der Waals surface area contributed by atoms with E-state index in [2.05, 4.69) is 49.2 Å². The molecule has 2 atom stereocenters. The van der Waals surface area contributed by atoms with Crippen molar-refractivity contribution >= 4 is 11.7 Å². The lowest BCUT2D eigenvalue weighted by molar-refractivity contribution is -0.137. The van der Waals surface area contributed by atoms with Gasteiger partial charge in [0, 0.05) is 30.9 Å². The van der Waals surface area contributed by atoms with Gasteiger partial charge in [0.05, 0.1) is 6.42 Å². The van der Waals surface area contributed by atoms with Gasteiger partial charge >= 0.3 is 5.97 Å². The van der Waals surface area contributed by atoms with Gasteiger partial charge in [-0.3, -0.25) is 4.79 Å². The zero-order valence-electron chi connectivity index (χ0n) is 11.8. The Bertz CT molecular complexity index is 473. The molecular formula is C15H22N2O2. The average molecular weight is 262 g/mol. The fourth-order valence-electron chi connectivity index (χ4n) is 2.66. The van der Waals surface area contributed by atoms with Gasteiger partial charge in [0.2, 0.25) is 0 Å². The highest BCUT2D eigenvalue weighted by molar-refractivity contribution is 5.68. The zero-order valence-corrected chi connectivity index (χ0v) is 11.8. The van der Waals surface area contributed by atoms with Crippen LogP contribution in [-0.4, -0.2) is 36.2 Å². The third kappa shape index (κ3) is 3.07. The second-order valence-corrected chi connectivity index (χ2v) is 5.42. The maximum absolute atomic E-state index is 10.9. The molecular weight excluding hydrogens is 240 g/mol. The summed E-state index contributed by atoms with van der Waals surface area (Å²) in [6.45, 7) is 7.99. The normalized spacial score (nSPS) is 23.4. The Labute approximate surface area is 114 Å². The molecule has 4 heteroatoms. The molecule has 1 saturated heterocycles. The first-order chi connectivity index (χ1) is 8.99. The minimum absolute atomic E-state index is 0.0219. The highest BCUT2D eigenvalue weighted by Gasteiger charge is 2.27. The largest absolute Gasteiger partial charge is 0.481 e. The molecule has 0 radical (unpaired) electrons. The molecule has 0 amide bonds. The first-order valence-electron chi connectivity index (χ1n) is 6.77. The van der Waals surface area contributed by atoms with E-state index in [9.17, 15) is 4.79 Å². The van der Waals surface area contributed by atoms with Crippen LogP contribution in [0.4, 0.5) is 5.69 Å². The van der Waals surface area contributed by atoms with Crippen LogP contribution in [0.2, 0.25) is 0 Å². The van der Waals surface area contributed by atoms with E-state index < -0.39 is 5.97 Å². The van der Waals surface area contributed by atoms with Gasteiger partial charge in [-0.15, -0.1) is 0 Å². The van der Waals surface area contributed by atoms with E-state index >= 15 is 0 Å². The highest BCUT2D eigenvalue weighted by Crippen LogP contribution is 2.26. The van der Waals surface area contributed by atoms with Crippen LogP contribution in [0.25, 0.3) is 0 Å². The summed E-state index contributed by atoms with van der Waals surface area (Å²) < 4.78 is 0. The molecule has 1 aliphatic rings. The van der Waals surface area contributed by atoms with Crippen molar-refractivity contribution in [3.05, 3.63) is 29.3 Å². The minimum Gasteiger partial charge on any atom is -0.481 e. The zero-order chi connectivity index (χ0) is 14.0. The molecule has 104 valence electrons. The van der Waals surface area contributed by atoms with Crippen molar-refractivity contribution in [2.24, 2.45) is 0 Å². The lowest BCUT2D eigenvalue weighted by atomic mass is 10.0. The summed E-state index contributed by atoms with van der Waals surface area (Å²) >= 11 is 0. The van der Waals surface area contributed by atoms with Crippen LogP contribution in [0, 0.1) is 13.8 Å². The molecule has 1 fully saturated rings. The van der Waals surface area contributed by atoms with Crippen molar-refractivity contribution in [1.82, 2.24) is 5.32 Å². The van der Waals surface area contributed by atoms with Crippen molar-refractivity contribution in [3.8, 4) is 0 Å². The van der Waals surface area contributed by atoms with Crippen LogP contribution in [0.3, 0.4) is 0 Å². The maximum atomic E-state index is 10.9. The van der Waals surface area contributed by atoms with Crippen LogP contribution < -0.4 is 10.2 Å². The second-order valence-electron chi connectivity index (χ2n) is 5.42. The van der Waals surface area contributed by atoms with Gasteiger partial charge in [0.25, 0.3) is 0 Å². The van der Waals surface area contributed by atoms with Crippen LogP contribution >= 0.6 is 0 Å². The number of hydrogen-bond acceptors (Lipinski definition) is 3. The maximum Gasteiger partial charge on any atom is 0.304 e. The third-order valence-corrected chi connectivity index (χ3v) is 3.96. The number of carboxylic acid groups (broad SMARTS) is 1. The first-order valence-corrected chi connectivity index (χ1v) is 6.77. The van der Waals surface area contributed by atoms with Crippen LogP contribution in [-0.2, 0) is 4.79 Å². The van der Waals surface area contributed by atoms with Gasteiger partial charge in [-0.25, -0.2) is 0 Å². The third-order valence-electron chi connectivity index (χ3n) is 3.96. The number of piperazine rings is 1. The Morgan fingerprint density at radius 2 is 2.21 bits per heavy atom. The highest BCUT2D eigenvalue weighted by atomic mass is 16.4. The number of aryl methyl sites for hydroxylation is 1. The molecule has 0 saturated carbocycles. The Morgan fingerprint density at radius 3 is 2.89 bits per heavy atom. The molecule has 0 aliphatic carbocycles. The number of hydrogen-bond donors (Lipinski definition) is 2. The lowest BCUT2D eigenvalue weighted by Gasteiger charge is -2.41. The van der Waals surface area contributed by atoms with Crippen molar-refractivity contribution in [3.63, 3.8) is 0 Å². The van der Waals surface area contributed by atoms with Crippen LogP contribution in [0.1, 0.15) is 24.5 Å². The van der Waals surface area contributed by atoms with Gasteiger partial charge in [0.15, 0.2) is 0 Å². The van der Waals surface area contributed by atoms with E-state index in [1.54, 1.807) is 0 Å². The molecule has 0 spiro atoms. The lowest BCUT2D eigenvalue weighted by Crippen LogP contribution is -2.56. The molecule has 1 aromatic carbocycles. The minimum atomic E-state index is -0.743. The molecule has 19 heavy (non-hydrogen) atoms. The van der Waals surface area contributed by atoms with Crippen molar-refractivity contribution in [1.29, 1.82) is 0 Å². The standard InChI is InChI=1S/C15H22N2O2/c1-10-5-4-6-14(12(10)3)17-9-13(7-15(18)19)16-8-11(17)2/h4-6,11,13,16H,7-9H2,1-3H3,(H,18,19). The van der Waals surface area contributed by atoms with Gasteiger partial charge in [-0.05, 0) is 38.0 Å². The predicted octanol–water partition coefficient (Wildman–Crippen LogP) is 1.94. The number of rotatable bonds is 3. The molecule has 2 unspecified atom stereocenters. The van der Waals surface area contributed by atoms with E-state index in [4.69, 9.17) is 5.11 Å². The summed E-state index contributed by atoms with van der Waals surface area (Å²) in [7, 11) is 0. The molecule has 4 nitrogen and oxygen atoms in total. The van der Waals surface area contributed by atoms with Gasteiger partial charge in [0.1, 0.15) is 0 Å². The van der Waals surface area contributed by atoms with Crippen LogP contribution in [0.5, 0.6) is 0 Å².